The number of hydrogen-bond donors (Lipinski definition) is 0. The van der Waals surface area contributed by atoms with E-state index in [9.17, 15) is 9.59 Å². The molecule has 2 amide bonds. The molecular formula is C18H21BrN2O4S. The van der Waals surface area contributed by atoms with Gasteiger partial charge in [0, 0.05) is 14.1 Å². The molecule has 1 aliphatic heterocycles. The molecule has 1 fully saturated rings. The number of ether oxygens (including phenoxy) is 2. The summed E-state index contributed by atoms with van der Waals surface area (Å²) < 4.78 is 12.0. The first-order chi connectivity index (χ1) is 12.2. The molecule has 26 heavy (non-hydrogen) atoms. The van der Waals surface area contributed by atoms with E-state index in [4.69, 9.17) is 21.7 Å². The number of carbonyl (C=O) groups is 2. The fraction of sp³-hybridized carbons (Fsp3) is 0.389. The van der Waals surface area contributed by atoms with Gasteiger partial charge in [-0.1, -0.05) is 6.92 Å². The van der Waals surface area contributed by atoms with Crippen LogP contribution in [0.4, 0.5) is 0 Å². The Kier molecular flexibility index (Phi) is 6.41. The van der Waals surface area contributed by atoms with Crippen LogP contribution in [-0.4, -0.2) is 54.0 Å². The van der Waals surface area contributed by atoms with Gasteiger partial charge in [-0.05, 0) is 65.3 Å². The minimum atomic E-state index is -0.437. The van der Waals surface area contributed by atoms with Crippen LogP contribution in [0.1, 0.15) is 25.8 Å². The third-order valence-electron chi connectivity index (χ3n) is 4.10. The zero-order chi connectivity index (χ0) is 19.6. The monoisotopic (exact) mass is 440 g/mol. The lowest BCUT2D eigenvalue weighted by molar-refractivity contribution is -0.132. The van der Waals surface area contributed by atoms with E-state index in [0.717, 1.165) is 6.42 Å². The van der Waals surface area contributed by atoms with Gasteiger partial charge in [0.05, 0.1) is 17.7 Å². The van der Waals surface area contributed by atoms with E-state index < -0.39 is 11.8 Å². The Balaban J connectivity index is 2.47. The Bertz CT molecular complexity index is 768. The van der Waals surface area contributed by atoms with Gasteiger partial charge in [0.1, 0.15) is 5.57 Å². The van der Waals surface area contributed by atoms with Gasteiger partial charge in [-0.15, -0.1) is 0 Å². The molecule has 1 heterocycles. The van der Waals surface area contributed by atoms with Gasteiger partial charge in [-0.2, -0.15) is 0 Å². The Morgan fingerprint density at radius 3 is 2.31 bits per heavy atom. The van der Waals surface area contributed by atoms with Gasteiger partial charge in [0.25, 0.3) is 11.8 Å². The summed E-state index contributed by atoms with van der Waals surface area (Å²) in [6.45, 7) is 4.00. The van der Waals surface area contributed by atoms with E-state index in [1.165, 1.54) is 15.9 Å². The van der Waals surface area contributed by atoms with Crippen LogP contribution in [0.2, 0.25) is 0 Å². The number of benzene rings is 1. The van der Waals surface area contributed by atoms with Crippen LogP contribution in [0.25, 0.3) is 6.08 Å². The lowest BCUT2D eigenvalue weighted by Gasteiger charge is -2.31. The molecular weight excluding hydrogens is 420 g/mol. The summed E-state index contributed by atoms with van der Waals surface area (Å²) >= 11 is 8.57. The van der Waals surface area contributed by atoms with Gasteiger partial charge in [-0.25, -0.2) is 0 Å². The van der Waals surface area contributed by atoms with Crippen molar-refractivity contribution in [2.75, 3.05) is 21.2 Å². The molecule has 0 saturated carbocycles. The third kappa shape index (κ3) is 3.91. The number of thiocarbonyl (C=S) groups is 1. The molecule has 140 valence electrons. The molecule has 8 heteroatoms. The number of methoxy groups -OCH3 is 1. The molecule has 0 aliphatic carbocycles. The molecule has 6 nitrogen and oxygen atoms in total. The van der Waals surface area contributed by atoms with Crippen molar-refractivity contribution in [1.29, 1.82) is 0 Å². The maximum atomic E-state index is 12.4. The molecule has 1 saturated heterocycles. The number of amides is 2. The van der Waals surface area contributed by atoms with E-state index in [0.29, 0.717) is 21.5 Å². The van der Waals surface area contributed by atoms with E-state index >= 15 is 0 Å². The number of hydrogen-bond acceptors (Lipinski definition) is 5. The lowest BCUT2D eigenvalue weighted by Crippen LogP contribution is -2.52. The molecule has 1 atom stereocenters. The Morgan fingerprint density at radius 1 is 1.23 bits per heavy atom. The highest BCUT2D eigenvalue weighted by molar-refractivity contribution is 9.10. The zero-order valence-corrected chi connectivity index (χ0v) is 17.7. The number of likely N-dealkylation sites (N-methyl/N-ethyl adjacent to an activating group) is 2. The maximum absolute atomic E-state index is 12.4. The lowest BCUT2D eigenvalue weighted by atomic mass is 10.1. The molecule has 0 aromatic heterocycles. The van der Waals surface area contributed by atoms with Gasteiger partial charge in [-0.3, -0.25) is 19.4 Å². The van der Waals surface area contributed by atoms with Crippen LogP contribution >= 0.6 is 28.1 Å². The van der Waals surface area contributed by atoms with Crippen molar-refractivity contribution in [3.8, 4) is 11.5 Å². The van der Waals surface area contributed by atoms with Crippen LogP contribution in [0.15, 0.2) is 22.2 Å². The number of nitrogens with zero attached hydrogens (tertiary/aromatic N) is 2. The van der Waals surface area contributed by atoms with Crippen molar-refractivity contribution < 1.29 is 19.1 Å². The minimum Gasteiger partial charge on any atom is -0.493 e. The molecule has 0 radical (unpaired) electrons. The third-order valence-corrected chi connectivity index (χ3v) is 5.24. The fourth-order valence-electron chi connectivity index (χ4n) is 2.36. The molecule has 0 N–H and O–H groups in total. The van der Waals surface area contributed by atoms with E-state index in [1.54, 1.807) is 33.3 Å². The van der Waals surface area contributed by atoms with Crippen molar-refractivity contribution in [2.24, 2.45) is 0 Å². The molecule has 0 spiro atoms. The smallest absolute Gasteiger partial charge is 0.265 e. The van der Waals surface area contributed by atoms with Gasteiger partial charge >= 0.3 is 0 Å². The molecule has 2 rings (SSSR count). The average Bonchev–Trinajstić information content (AvgIpc) is 2.63. The quantitative estimate of drug-likeness (QED) is 0.399. The van der Waals surface area contributed by atoms with Gasteiger partial charge in [0.2, 0.25) is 0 Å². The molecule has 1 unspecified atom stereocenters. The normalized spacial score (nSPS) is 16.1. The van der Waals surface area contributed by atoms with Crippen molar-refractivity contribution in [2.45, 2.75) is 26.4 Å². The summed E-state index contributed by atoms with van der Waals surface area (Å²) in [5.41, 5.74) is 0.671. The van der Waals surface area contributed by atoms with Crippen LogP contribution < -0.4 is 9.47 Å². The van der Waals surface area contributed by atoms with Crippen molar-refractivity contribution in [3.05, 3.63) is 27.7 Å². The standard InChI is InChI=1S/C18H21BrN2O4S/c1-6-10(2)25-15-13(19)8-11(9-14(15)24-5)7-12-16(22)20(3)18(26)21(4)17(12)23/h7-10H,6H2,1-5H3. The maximum Gasteiger partial charge on any atom is 0.265 e. The highest BCUT2D eigenvalue weighted by atomic mass is 79.9. The summed E-state index contributed by atoms with van der Waals surface area (Å²) in [6.07, 6.45) is 2.40. The largest absolute Gasteiger partial charge is 0.493 e. The van der Waals surface area contributed by atoms with Crippen LogP contribution in [0.5, 0.6) is 11.5 Å². The number of halogens is 1. The van der Waals surface area contributed by atoms with Crippen molar-refractivity contribution in [3.63, 3.8) is 0 Å². The summed E-state index contributed by atoms with van der Waals surface area (Å²) in [4.78, 5) is 27.4. The summed E-state index contributed by atoms with van der Waals surface area (Å²) in [5.74, 6) is 0.224. The number of carbonyl (C=O) groups excluding carboxylic acids is 2. The van der Waals surface area contributed by atoms with Gasteiger partial charge in [0.15, 0.2) is 16.6 Å². The van der Waals surface area contributed by atoms with Crippen LogP contribution in [0, 0.1) is 0 Å². The van der Waals surface area contributed by atoms with Crippen LogP contribution in [0.3, 0.4) is 0 Å². The highest BCUT2D eigenvalue weighted by Gasteiger charge is 2.35. The zero-order valence-electron chi connectivity index (χ0n) is 15.3. The van der Waals surface area contributed by atoms with E-state index in [2.05, 4.69) is 15.9 Å². The summed E-state index contributed by atoms with van der Waals surface area (Å²) in [5, 5.41) is 0.174. The van der Waals surface area contributed by atoms with E-state index in [1.807, 2.05) is 13.8 Å². The molecule has 0 bridgehead atoms. The van der Waals surface area contributed by atoms with Crippen LogP contribution in [-0.2, 0) is 9.59 Å². The fourth-order valence-corrected chi connectivity index (χ4v) is 3.08. The molecule has 1 aromatic carbocycles. The summed E-state index contributed by atoms with van der Waals surface area (Å²) in [7, 11) is 4.63. The van der Waals surface area contributed by atoms with Crippen molar-refractivity contribution in [1.82, 2.24) is 9.80 Å². The molecule has 1 aromatic rings. The second-order valence-electron chi connectivity index (χ2n) is 5.94. The predicted molar refractivity (Wildman–Crippen MR) is 107 cm³/mol. The Hall–Kier alpha value is -1.93. The summed E-state index contributed by atoms with van der Waals surface area (Å²) in [6, 6.07) is 3.50. The predicted octanol–water partition coefficient (Wildman–Crippen LogP) is 3.23. The van der Waals surface area contributed by atoms with E-state index in [-0.39, 0.29) is 16.8 Å². The highest BCUT2D eigenvalue weighted by Crippen LogP contribution is 2.38. The van der Waals surface area contributed by atoms with Gasteiger partial charge < -0.3 is 9.47 Å². The minimum absolute atomic E-state index is 0.0224. The first-order valence-corrected chi connectivity index (χ1v) is 9.27. The second kappa shape index (κ2) is 8.18. The Morgan fingerprint density at radius 2 is 1.81 bits per heavy atom. The van der Waals surface area contributed by atoms with Crippen molar-refractivity contribution >= 4 is 51.2 Å². The Labute approximate surface area is 166 Å². The first kappa shape index (κ1) is 20.4. The SMILES string of the molecule is CCC(C)Oc1c(Br)cc(C=C2C(=O)N(C)C(=S)N(C)C2=O)cc1OC. The number of rotatable bonds is 5. The second-order valence-corrected chi connectivity index (χ2v) is 7.16. The first-order valence-electron chi connectivity index (χ1n) is 8.07. The average molecular weight is 441 g/mol. The topological polar surface area (TPSA) is 59.1 Å². The molecule has 1 aliphatic rings.